The number of carbonyl (C=O) groups excluding carboxylic acids is 3. The van der Waals surface area contributed by atoms with Gasteiger partial charge in [0.2, 0.25) is 15.9 Å². The van der Waals surface area contributed by atoms with Crippen molar-refractivity contribution < 1.29 is 41.5 Å². The van der Waals surface area contributed by atoms with Crippen molar-refractivity contribution in [3.63, 3.8) is 0 Å². The summed E-state index contributed by atoms with van der Waals surface area (Å²) in [5, 5.41) is 17.1. The fourth-order valence-electron chi connectivity index (χ4n) is 5.56. The Morgan fingerprint density at radius 3 is 2.41 bits per heavy atom. The Balaban J connectivity index is 1.18. The van der Waals surface area contributed by atoms with Gasteiger partial charge in [0, 0.05) is 43.1 Å². The number of amides is 3. The summed E-state index contributed by atoms with van der Waals surface area (Å²) in [5.74, 6) is -2.64. The molecule has 0 saturated heterocycles. The van der Waals surface area contributed by atoms with E-state index in [2.05, 4.69) is 20.7 Å². The van der Waals surface area contributed by atoms with Crippen LogP contribution in [0.1, 0.15) is 69.0 Å². The number of fused-ring (bicyclic) bond motifs is 1. The Morgan fingerprint density at radius 2 is 1.71 bits per heavy atom. The van der Waals surface area contributed by atoms with E-state index < -0.39 is 33.6 Å². The van der Waals surface area contributed by atoms with E-state index in [-0.39, 0.29) is 55.0 Å². The van der Waals surface area contributed by atoms with Crippen LogP contribution >= 0.6 is 0 Å². The van der Waals surface area contributed by atoms with Crippen LogP contribution in [0.2, 0.25) is 0 Å². The molecule has 14 heteroatoms. The van der Waals surface area contributed by atoms with E-state index in [0.717, 1.165) is 24.0 Å². The summed E-state index contributed by atoms with van der Waals surface area (Å²) >= 11 is 0. The van der Waals surface area contributed by atoms with Crippen molar-refractivity contribution in [2.45, 2.75) is 43.8 Å². The molecule has 5 N–H and O–H groups in total. The first-order chi connectivity index (χ1) is 23.4. The number of hydrogen-bond donors (Lipinski definition) is 5. The van der Waals surface area contributed by atoms with Crippen molar-refractivity contribution in [1.82, 2.24) is 20.7 Å². The SMILES string of the molecule is CNC(=O)c1c(-c2ccc(F)cc2)oc2cc(CS(=O)(=O)NCCNC(=O)CNC(=O)c3cccc(CCCC(=O)O)c3)c(C3CC3)cc12. The average Bonchev–Trinajstić information content (AvgIpc) is 3.85. The molecule has 3 amide bonds. The largest absolute Gasteiger partial charge is 0.481 e. The monoisotopic (exact) mass is 692 g/mol. The molecule has 258 valence electrons. The third kappa shape index (κ3) is 9.30. The molecule has 12 nitrogen and oxygen atoms in total. The number of aliphatic carboxylic acids is 1. The summed E-state index contributed by atoms with van der Waals surface area (Å²) in [4.78, 5) is 48.5. The third-order valence-corrected chi connectivity index (χ3v) is 9.43. The standard InChI is InChI=1S/C35H37FN4O8S/c1-37-35(45)32-28-18-27(22-8-9-22)25(17-29(28)48-33(32)23-10-12-26(36)13-11-23)20-49(46,47)40-15-14-38-30(41)19-39-34(44)24-6-2-4-21(16-24)5-3-7-31(42)43/h2,4,6,10-13,16-18,22,40H,3,5,7-9,14-15,19-20H2,1H3,(H,37,45)(H,38,41)(H,39,44)(H,42,43). The van der Waals surface area contributed by atoms with E-state index in [1.807, 2.05) is 6.07 Å². The van der Waals surface area contributed by atoms with Crippen molar-refractivity contribution in [2.75, 3.05) is 26.7 Å². The zero-order valence-electron chi connectivity index (χ0n) is 26.8. The second kappa shape index (κ2) is 15.4. The number of sulfonamides is 1. The highest BCUT2D eigenvalue weighted by Crippen LogP contribution is 2.45. The Morgan fingerprint density at radius 1 is 0.959 bits per heavy atom. The molecule has 49 heavy (non-hydrogen) atoms. The minimum absolute atomic E-state index is 0.0176. The van der Waals surface area contributed by atoms with E-state index in [1.54, 1.807) is 30.3 Å². The summed E-state index contributed by atoms with van der Waals surface area (Å²) in [6, 6.07) is 15.7. The van der Waals surface area contributed by atoms with Crippen molar-refractivity contribution in [2.24, 2.45) is 0 Å². The third-order valence-electron chi connectivity index (χ3n) is 8.10. The second-order valence-electron chi connectivity index (χ2n) is 11.8. The minimum Gasteiger partial charge on any atom is -0.481 e. The van der Waals surface area contributed by atoms with Gasteiger partial charge in [-0.3, -0.25) is 19.2 Å². The molecular formula is C35H37FN4O8S. The summed E-state index contributed by atoms with van der Waals surface area (Å²) in [6.07, 6.45) is 2.72. The topological polar surface area (TPSA) is 184 Å². The van der Waals surface area contributed by atoms with Crippen molar-refractivity contribution in [1.29, 1.82) is 0 Å². The number of aryl methyl sites for hydroxylation is 1. The van der Waals surface area contributed by atoms with Gasteiger partial charge in [0.25, 0.3) is 11.8 Å². The molecule has 0 atom stereocenters. The van der Waals surface area contributed by atoms with E-state index in [0.29, 0.717) is 40.5 Å². The van der Waals surface area contributed by atoms with Crippen LogP contribution in [0.4, 0.5) is 4.39 Å². The smallest absolute Gasteiger partial charge is 0.303 e. The van der Waals surface area contributed by atoms with Gasteiger partial charge in [0.05, 0.1) is 17.9 Å². The normalized spacial score (nSPS) is 12.9. The lowest BCUT2D eigenvalue weighted by Gasteiger charge is -2.12. The minimum atomic E-state index is -3.85. The van der Waals surface area contributed by atoms with Gasteiger partial charge >= 0.3 is 5.97 Å². The zero-order valence-corrected chi connectivity index (χ0v) is 27.6. The van der Waals surface area contributed by atoms with Crippen molar-refractivity contribution in [3.05, 3.63) is 94.3 Å². The molecule has 4 aromatic rings. The van der Waals surface area contributed by atoms with Crippen LogP contribution in [0.5, 0.6) is 0 Å². The molecule has 3 aromatic carbocycles. The van der Waals surface area contributed by atoms with Crippen LogP contribution in [-0.4, -0.2) is 63.9 Å². The van der Waals surface area contributed by atoms with Crippen molar-refractivity contribution >= 4 is 44.7 Å². The Bertz CT molecular complexity index is 1990. The number of carboxylic acid groups (broad SMARTS) is 1. The molecule has 1 heterocycles. The number of furan rings is 1. The highest BCUT2D eigenvalue weighted by molar-refractivity contribution is 7.88. The molecule has 0 aliphatic heterocycles. The number of nitrogens with one attached hydrogen (secondary N) is 4. The van der Waals surface area contributed by atoms with Crippen LogP contribution in [0.25, 0.3) is 22.3 Å². The molecule has 0 unspecified atom stereocenters. The molecule has 1 aliphatic rings. The second-order valence-corrected chi connectivity index (χ2v) is 13.7. The lowest BCUT2D eigenvalue weighted by molar-refractivity contribution is -0.137. The number of hydrogen-bond acceptors (Lipinski definition) is 7. The molecule has 5 rings (SSSR count). The first kappa shape index (κ1) is 35.2. The first-order valence-electron chi connectivity index (χ1n) is 15.8. The molecule has 0 bridgehead atoms. The van der Waals surface area contributed by atoms with E-state index >= 15 is 0 Å². The van der Waals surface area contributed by atoms with Gasteiger partial charge in [-0.2, -0.15) is 0 Å². The van der Waals surface area contributed by atoms with Crippen LogP contribution in [0.15, 0.2) is 65.1 Å². The van der Waals surface area contributed by atoms with Gasteiger partial charge in [-0.05, 0) is 96.8 Å². The van der Waals surface area contributed by atoms with E-state index in [4.69, 9.17) is 9.52 Å². The molecule has 1 aromatic heterocycles. The first-order valence-corrected chi connectivity index (χ1v) is 17.5. The van der Waals surface area contributed by atoms with Crippen LogP contribution < -0.4 is 20.7 Å². The maximum Gasteiger partial charge on any atom is 0.303 e. The van der Waals surface area contributed by atoms with Gasteiger partial charge in [-0.1, -0.05) is 12.1 Å². The van der Waals surface area contributed by atoms with Gasteiger partial charge in [-0.25, -0.2) is 17.5 Å². The number of rotatable bonds is 16. The average molecular weight is 693 g/mol. The summed E-state index contributed by atoms with van der Waals surface area (Å²) in [7, 11) is -2.36. The summed E-state index contributed by atoms with van der Waals surface area (Å²) < 4.78 is 48.4. The predicted molar refractivity (Wildman–Crippen MR) is 180 cm³/mol. The number of benzene rings is 3. The molecule has 1 aliphatic carbocycles. The van der Waals surface area contributed by atoms with E-state index in [1.165, 1.54) is 31.3 Å². The van der Waals surface area contributed by atoms with Gasteiger partial charge in [0.1, 0.15) is 17.2 Å². The van der Waals surface area contributed by atoms with Gasteiger partial charge in [-0.15, -0.1) is 0 Å². The van der Waals surface area contributed by atoms with Crippen LogP contribution in [-0.2, 0) is 31.8 Å². The van der Waals surface area contributed by atoms with E-state index in [9.17, 15) is 32.0 Å². The predicted octanol–water partition coefficient (Wildman–Crippen LogP) is 3.85. The lowest BCUT2D eigenvalue weighted by atomic mass is 9.98. The Labute approximate surface area is 282 Å². The van der Waals surface area contributed by atoms with Crippen molar-refractivity contribution in [3.8, 4) is 11.3 Å². The van der Waals surface area contributed by atoms with Gasteiger partial charge in [0.15, 0.2) is 0 Å². The maximum atomic E-state index is 13.6. The molecule has 0 spiro atoms. The molecule has 0 radical (unpaired) electrons. The summed E-state index contributed by atoms with van der Waals surface area (Å²) in [5.41, 5.74) is 3.59. The quantitative estimate of drug-likeness (QED) is 0.110. The highest BCUT2D eigenvalue weighted by Gasteiger charge is 2.31. The molecule has 1 fully saturated rings. The Kier molecular flexibility index (Phi) is 11.1. The number of carbonyl (C=O) groups is 4. The Hall–Kier alpha value is -5.08. The highest BCUT2D eigenvalue weighted by atomic mass is 32.2. The fraction of sp³-hybridized carbons (Fsp3) is 0.314. The van der Waals surface area contributed by atoms with Gasteiger partial charge < -0.3 is 25.5 Å². The van der Waals surface area contributed by atoms with Crippen LogP contribution in [0, 0.1) is 5.82 Å². The maximum absolute atomic E-state index is 13.6. The molecule has 1 saturated carbocycles. The zero-order chi connectivity index (χ0) is 35.1. The fourth-order valence-corrected chi connectivity index (χ4v) is 6.73. The number of halogens is 1. The van der Waals surface area contributed by atoms with Crippen LogP contribution in [0.3, 0.4) is 0 Å². The lowest BCUT2D eigenvalue weighted by Crippen LogP contribution is -2.40. The molecular weight excluding hydrogens is 655 g/mol. The summed E-state index contributed by atoms with van der Waals surface area (Å²) in [6.45, 7) is -0.422. The number of carboxylic acids is 1.